The fraction of sp³-hybridized carbons (Fsp3) is 0.737. The number of nitrogens with zero attached hydrogens (tertiary/aromatic N) is 2. The number of esters is 1. The van der Waals surface area contributed by atoms with Crippen molar-refractivity contribution in [3.8, 4) is 0 Å². The lowest BCUT2D eigenvalue weighted by molar-refractivity contribution is -0.156. The normalized spacial score (nSPS) is 26.4. The molecule has 3 rings (SSSR count). The van der Waals surface area contributed by atoms with Gasteiger partial charge in [-0.2, -0.15) is 4.98 Å². The van der Waals surface area contributed by atoms with E-state index in [1.807, 2.05) is 13.8 Å². The Hall–Kier alpha value is -2.09. The molecule has 2 heterocycles. The van der Waals surface area contributed by atoms with E-state index in [4.69, 9.17) is 15.2 Å². The Morgan fingerprint density at radius 3 is 2.59 bits per heavy atom. The van der Waals surface area contributed by atoms with Crippen LogP contribution in [-0.4, -0.2) is 47.8 Å². The molecule has 0 atom stereocenters. The highest BCUT2D eigenvalue weighted by Crippen LogP contribution is 2.38. The molecule has 0 amide bonds. The summed E-state index contributed by atoms with van der Waals surface area (Å²) in [5.41, 5.74) is 6.22. The maximum absolute atomic E-state index is 12.2. The topological polar surface area (TPSA) is 111 Å². The SMILES string of the molecule is CCOC(=O)[C@]1(C)CC[C@H](Nc2nc(NC3CCOCC3)ncc2N)CC1. The van der Waals surface area contributed by atoms with Crippen molar-refractivity contribution in [2.24, 2.45) is 5.41 Å². The lowest BCUT2D eigenvalue weighted by atomic mass is 9.74. The van der Waals surface area contributed by atoms with Crippen molar-refractivity contribution in [1.29, 1.82) is 0 Å². The zero-order chi connectivity index (χ0) is 19.3. The van der Waals surface area contributed by atoms with Gasteiger partial charge in [0.1, 0.15) is 0 Å². The molecule has 0 aromatic carbocycles. The van der Waals surface area contributed by atoms with Gasteiger partial charge >= 0.3 is 5.97 Å². The second-order valence-electron chi connectivity index (χ2n) is 7.73. The fourth-order valence-corrected chi connectivity index (χ4v) is 3.70. The van der Waals surface area contributed by atoms with Crippen molar-refractivity contribution >= 4 is 23.4 Å². The Kier molecular flexibility index (Phi) is 6.36. The van der Waals surface area contributed by atoms with Crippen molar-refractivity contribution < 1.29 is 14.3 Å². The van der Waals surface area contributed by atoms with Gasteiger partial charge in [0.2, 0.25) is 5.95 Å². The van der Waals surface area contributed by atoms with Gasteiger partial charge in [-0.25, -0.2) is 4.98 Å². The number of nitrogen functional groups attached to an aromatic ring is 1. The van der Waals surface area contributed by atoms with Crippen LogP contribution in [0.1, 0.15) is 52.4 Å². The summed E-state index contributed by atoms with van der Waals surface area (Å²) in [6.07, 6.45) is 6.88. The summed E-state index contributed by atoms with van der Waals surface area (Å²) in [6.45, 7) is 5.79. The van der Waals surface area contributed by atoms with E-state index in [2.05, 4.69) is 20.6 Å². The van der Waals surface area contributed by atoms with Gasteiger partial charge in [0, 0.05) is 25.3 Å². The molecule has 8 nitrogen and oxygen atoms in total. The lowest BCUT2D eigenvalue weighted by Crippen LogP contribution is -2.38. The van der Waals surface area contributed by atoms with E-state index in [-0.39, 0.29) is 17.4 Å². The summed E-state index contributed by atoms with van der Waals surface area (Å²) in [5, 5.41) is 6.81. The quantitative estimate of drug-likeness (QED) is 0.649. The molecule has 0 radical (unpaired) electrons. The molecule has 2 fully saturated rings. The van der Waals surface area contributed by atoms with Crippen LogP contribution in [0.2, 0.25) is 0 Å². The van der Waals surface area contributed by atoms with Gasteiger partial charge in [0.05, 0.1) is 23.9 Å². The number of rotatable bonds is 6. The van der Waals surface area contributed by atoms with Gasteiger partial charge in [-0.3, -0.25) is 4.79 Å². The largest absolute Gasteiger partial charge is 0.466 e. The Bertz CT molecular complexity index is 640. The van der Waals surface area contributed by atoms with Crippen molar-refractivity contribution in [3.63, 3.8) is 0 Å². The number of carbonyl (C=O) groups excluding carboxylic acids is 1. The highest BCUT2D eigenvalue weighted by Gasteiger charge is 2.38. The highest BCUT2D eigenvalue weighted by molar-refractivity contribution is 5.76. The number of ether oxygens (including phenoxy) is 2. The van der Waals surface area contributed by atoms with Gasteiger partial charge in [-0.1, -0.05) is 0 Å². The Labute approximate surface area is 160 Å². The van der Waals surface area contributed by atoms with Gasteiger partial charge in [0.15, 0.2) is 5.82 Å². The smallest absolute Gasteiger partial charge is 0.311 e. The molecule has 0 spiro atoms. The van der Waals surface area contributed by atoms with Crippen LogP contribution in [0.3, 0.4) is 0 Å². The first-order valence-corrected chi connectivity index (χ1v) is 9.91. The minimum Gasteiger partial charge on any atom is -0.466 e. The first-order chi connectivity index (χ1) is 13.0. The summed E-state index contributed by atoms with van der Waals surface area (Å²) in [6, 6.07) is 0.566. The second kappa shape index (κ2) is 8.73. The summed E-state index contributed by atoms with van der Waals surface area (Å²) in [4.78, 5) is 21.0. The first-order valence-electron chi connectivity index (χ1n) is 9.91. The van der Waals surface area contributed by atoms with Crippen LogP contribution in [0, 0.1) is 5.41 Å². The van der Waals surface area contributed by atoms with Crippen LogP contribution in [0.25, 0.3) is 0 Å². The van der Waals surface area contributed by atoms with Crippen molar-refractivity contribution in [3.05, 3.63) is 6.20 Å². The molecule has 1 saturated carbocycles. The Morgan fingerprint density at radius 1 is 1.26 bits per heavy atom. The van der Waals surface area contributed by atoms with Gasteiger partial charge in [-0.05, 0) is 52.4 Å². The van der Waals surface area contributed by atoms with Crippen molar-refractivity contribution in [2.75, 3.05) is 36.2 Å². The van der Waals surface area contributed by atoms with E-state index in [1.54, 1.807) is 6.20 Å². The van der Waals surface area contributed by atoms with Crippen LogP contribution in [-0.2, 0) is 14.3 Å². The third-order valence-electron chi connectivity index (χ3n) is 5.57. The van der Waals surface area contributed by atoms with Gasteiger partial charge in [-0.15, -0.1) is 0 Å². The zero-order valence-corrected chi connectivity index (χ0v) is 16.3. The molecule has 1 aliphatic heterocycles. The van der Waals surface area contributed by atoms with Gasteiger partial charge < -0.3 is 25.8 Å². The number of aromatic nitrogens is 2. The molecule has 150 valence electrons. The molecule has 1 saturated heterocycles. The van der Waals surface area contributed by atoms with E-state index < -0.39 is 0 Å². The van der Waals surface area contributed by atoms with E-state index in [0.29, 0.717) is 30.1 Å². The minimum atomic E-state index is -0.388. The average molecular weight is 377 g/mol. The number of nitrogens with one attached hydrogen (secondary N) is 2. The molecule has 1 aromatic heterocycles. The number of hydrogen-bond acceptors (Lipinski definition) is 8. The fourth-order valence-electron chi connectivity index (χ4n) is 3.70. The highest BCUT2D eigenvalue weighted by atomic mass is 16.5. The number of hydrogen-bond donors (Lipinski definition) is 3. The van der Waals surface area contributed by atoms with E-state index in [1.165, 1.54) is 0 Å². The van der Waals surface area contributed by atoms with Crippen molar-refractivity contribution in [2.45, 2.75) is 64.5 Å². The summed E-state index contributed by atoms with van der Waals surface area (Å²) >= 11 is 0. The number of nitrogens with two attached hydrogens (primary N) is 1. The second-order valence-corrected chi connectivity index (χ2v) is 7.73. The average Bonchev–Trinajstić information content (AvgIpc) is 2.67. The molecule has 1 aliphatic carbocycles. The summed E-state index contributed by atoms with van der Waals surface area (Å²) in [7, 11) is 0. The molecule has 2 aliphatic rings. The van der Waals surface area contributed by atoms with Crippen molar-refractivity contribution in [1.82, 2.24) is 9.97 Å². The number of carbonyl (C=O) groups is 1. The molecule has 27 heavy (non-hydrogen) atoms. The molecule has 8 heteroatoms. The van der Waals surface area contributed by atoms with Crippen LogP contribution in [0.5, 0.6) is 0 Å². The molecule has 0 bridgehead atoms. The van der Waals surface area contributed by atoms with Crippen LogP contribution in [0.15, 0.2) is 6.20 Å². The first kappa shape index (κ1) is 19.7. The van der Waals surface area contributed by atoms with Crippen LogP contribution < -0.4 is 16.4 Å². The summed E-state index contributed by atoms with van der Waals surface area (Å²) < 4.78 is 10.6. The Balaban J connectivity index is 1.57. The predicted molar refractivity (Wildman–Crippen MR) is 105 cm³/mol. The minimum absolute atomic E-state index is 0.0899. The molecule has 4 N–H and O–H groups in total. The zero-order valence-electron chi connectivity index (χ0n) is 16.3. The van der Waals surface area contributed by atoms with E-state index >= 15 is 0 Å². The van der Waals surface area contributed by atoms with Crippen LogP contribution >= 0.6 is 0 Å². The monoisotopic (exact) mass is 377 g/mol. The summed E-state index contributed by atoms with van der Waals surface area (Å²) in [5.74, 6) is 1.16. The van der Waals surface area contributed by atoms with Gasteiger partial charge in [0.25, 0.3) is 0 Å². The standard InChI is InChI=1S/C19H31N5O3/c1-3-27-17(25)19(2)8-4-13(5-9-19)22-16-15(20)12-21-18(24-16)23-14-6-10-26-11-7-14/h12-14H,3-11,20H2,1-2H3,(H2,21,22,23,24)/t13-,19+. The predicted octanol–water partition coefficient (Wildman–Crippen LogP) is 2.57. The Morgan fingerprint density at radius 2 is 1.93 bits per heavy atom. The van der Waals surface area contributed by atoms with E-state index in [9.17, 15) is 4.79 Å². The van der Waals surface area contributed by atoms with E-state index in [0.717, 1.165) is 51.7 Å². The maximum Gasteiger partial charge on any atom is 0.311 e. The molecular weight excluding hydrogens is 346 g/mol. The third kappa shape index (κ3) is 5.00. The van der Waals surface area contributed by atoms with Crippen LogP contribution in [0.4, 0.5) is 17.5 Å². The molecule has 1 aromatic rings. The molecular formula is C19H31N5O3. The maximum atomic E-state index is 12.2. The third-order valence-corrected chi connectivity index (χ3v) is 5.57. The molecule has 0 unspecified atom stereocenters. The lowest BCUT2D eigenvalue weighted by Gasteiger charge is -2.35. The number of anilines is 3.